The first kappa shape index (κ1) is 14.7. The van der Waals surface area contributed by atoms with Crippen molar-refractivity contribution >= 4 is 23.3 Å². The van der Waals surface area contributed by atoms with E-state index in [-0.39, 0.29) is 16.8 Å². The van der Waals surface area contributed by atoms with Crippen molar-refractivity contribution in [1.29, 1.82) is 0 Å². The van der Waals surface area contributed by atoms with Crippen LogP contribution in [0.2, 0.25) is 5.02 Å². The molecule has 2 heterocycles. The van der Waals surface area contributed by atoms with E-state index in [0.717, 1.165) is 29.8 Å². The van der Waals surface area contributed by atoms with E-state index in [0.29, 0.717) is 12.5 Å². The van der Waals surface area contributed by atoms with Crippen molar-refractivity contribution in [3.05, 3.63) is 46.4 Å². The number of amides is 1. The Labute approximate surface area is 138 Å². The van der Waals surface area contributed by atoms with Crippen LogP contribution < -0.4 is 5.32 Å². The summed E-state index contributed by atoms with van der Waals surface area (Å²) in [7, 11) is 0. The monoisotopic (exact) mass is 333 g/mol. The Morgan fingerprint density at radius 3 is 2.83 bits per heavy atom. The van der Waals surface area contributed by atoms with Gasteiger partial charge >= 0.3 is 0 Å². The summed E-state index contributed by atoms with van der Waals surface area (Å²) in [4.78, 5) is 12.2. The third-order valence-corrected chi connectivity index (χ3v) is 5.15. The second-order valence-electron chi connectivity index (χ2n) is 6.31. The van der Waals surface area contributed by atoms with E-state index in [1.165, 1.54) is 18.9 Å². The highest BCUT2D eigenvalue weighted by atomic mass is 35.5. The molecule has 1 atom stereocenters. The van der Waals surface area contributed by atoms with Crippen LogP contribution in [0.3, 0.4) is 0 Å². The molecule has 1 saturated carbocycles. The highest BCUT2D eigenvalue weighted by molar-refractivity contribution is 6.30. The van der Waals surface area contributed by atoms with Gasteiger partial charge in [0.25, 0.3) is 0 Å². The van der Waals surface area contributed by atoms with Gasteiger partial charge in [-0.25, -0.2) is 9.07 Å². The van der Waals surface area contributed by atoms with Gasteiger partial charge in [0.2, 0.25) is 5.91 Å². The van der Waals surface area contributed by atoms with Crippen LogP contribution >= 0.6 is 11.6 Å². The van der Waals surface area contributed by atoms with Gasteiger partial charge in [0.05, 0.1) is 17.3 Å². The molecule has 2 aliphatic rings. The highest BCUT2D eigenvalue weighted by Gasteiger charge is 2.32. The van der Waals surface area contributed by atoms with Gasteiger partial charge < -0.3 is 5.32 Å². The van der Waals surface area contributed by atoms with Gasteiger partial charge in [-0.15, -0.1) is 0 Å². The van der Waals surface area contributed by atoms with E-state index in [1.54, 1.807) is 12.1 Å². The maximum atomic E-state index is 13.4. The average molecular weight is 334 g/mol. The lowest BCUT2D eigenvalue weighted by Gasteiger charge is -2.25. The van der Waals surface area contributed by atoms with E-state index in [1.807, 2.05) is 10.9 Å². The molecule has 4 nitrogen and oxygen atoms in total. The van der Waals surface area contributed by atoms with Crippen LogP contribution in [0, 0.1) is 5.82 Å². The van der Waals surface area contributed by atoms with Crippen molar-refractivity contribution in [2.45, 2.75) is 44.1 Å². The van der Waals surface area contributed by atoms with Crippen molar-refractivity contribution in [2.75, 3.05) is 5.32 Å². The Morgan fingerprint density at radius 1 is 1.30 bits per heavy atom. The predicted molar refractivity (Wildman–Crippen MR) is 86.2 cm³/mol. The molecule has 0 spiro atoms. The summed E-state index contributed by atoms with van der Waals surface area (Å²) < 4.78 is 15.4. The molecule has 1 aliphatic heterocycles. The van der Waals surface area contributed by atoms with Gasteiger partial charge in [-0.05, 0) is 30.5 Å². The fourth-order valence-corrected chi connectivity index (χ4v) is 3.88. The summed E-state index contributed by atoms with van der Waals surface area (Å²) in [5.74, 6) is 0.172. The number of fused-ring (bicyclic) bond motifs is 1. The van der Waals surface area contributed by atoms with Crippen molar-refractivity contribution in [2.24, 2.45) is 0 Å². The van der Waals surface area contributed by atoms with Crippen LogP contribution in [-0.4, -0.2) is 15.7 Å². The molecule has 1 aliphatic carbocycles. The van der Waals surface area contributed by atoms with Crippen LogP contribution in [0.25, 0.3) is 0 Å². The first-order valence-corrected chi connectivity index (χ1v) is 8.33. The van der Waals surface area contributed by atoms with E-state index < -0.39 is 5.82 Å². The maximum absolute atomic E-state index is 13.4. The molecule has 4 rings (SSSR count). The summed E-state index contributed by atoms with van der Waals surface area (Å²) >= 11 is 5.91. The zero-order valence-electron chi connectivity index (χ0n) is 12.6. The normalized spacial score (nSPS) is 21.3. The predicted octanol–water partition coefficient (Wildman–Crippen LogP) is 4.26. The number of aromatic nitrogens is 2. The average Bonchev–Trinajstić information content (AvgIpc) is 3.17. The van der Waals surface area contributed by atoms with Crippen LogP contribution in [0.5, 0.6) is 0 Å². The molecule has 2 aromatic rings. The van der Waals surface area contributed by atoms with Crippen LogP contribution in [0.1, 0.15) is 55.2 Å². The van der Waals surface area contributed by atoms with Gasteiger partial charge in [-0.2, -0.15) is 5.10 Å². The summed E-state index contributed by atoms with van der Waals surface area (Å²) in [6.45, 7) is 0. The molecule has 120 valence electrons. The molecular weight excluding hydrogens is 317 g/mol. The molecule has 0 radical (unpaired) electrons. The van der Waals surface area contributed by atoms with Gasteiger partial charge in [-0.1, -0.05) is 30.5 Å². The maximum Gasteiger partial charge on any atom is 0.226 e. The topological polar surface area (TPSA) is 46.9 Å². The van der Waals surface area contributed by atoms with Crippen LogP contribution in [0.15, 0.2) is 24.4 Å². The van der Waals surface area contributed by atoms with Crippen molar-refractivity contribution in [1.82, 2.24) is 9.78 Å². The second kappa shape index (κ2) is 5.64. The standard InChI is InChI=1S/C17H17ClFN3O/c18-14-7-10(5-6-15(14)19)12-8-16(23)21-17-13(12)9-20-22(17)11-3-1-2-4-11/h5-7,9,11-12H,1-4,8H2,(H,21,23)/t12-/m0/s1. The Hall–Kier alpha value is -1.88. The van der Waals surface area contributed by atoms with E-state index in [9.17, 15) is 9.18 Å². The summed E-state index contributed by atoms with van der Waals surface area (Å²) in [5.41, 5.74) is 1.83. The van der Waals surface area contributed by atoms with Crippen molar-refractivity contribution in [3.63, 3.8) is 0 Å². The Bertz CT molecular complexity index is 767. The molecule has 1 N–H and O–H groups in total. The Balaban J connectivity index is 1.76. The first-order chi connectivity index (χ1) is 11.1. The van der Waals surface area contributed by atoms with E-state index in [2.05, 4.69) is 10.4 Å². The lowest BCUT2D eigenvalue weighted by Crippen LogP contribution is -2.25. The summed E-state index contributed by atoms with van der Waals surface area (Å²) in [6, 6.07) is 5.01. The fourth-order valence-electron chi connectivity index (χ4n) is 3.69. The lowest BCUT2D eigenvalue weighted by atomic mass is 9.87. The number of rotatable bonds is 2. The quantitative estimate of drug-likeness (QED) is 0.892. The van der Waals surface area contributed by atoms with E-state index >= 15 is 0 Å². The number of nitrogens with one attached hydrogen (secondary N) is 1. The van der Waals surface area contributed by atoms with Gasteiger partial charge in [0.1, 0.15) is 11.6 Å². The number of carbonyl (C=O) groups is 1. The third kappa shape index (κ3) is 2.53. The minimum absolute atomic E-state index is 0.0392. The molecule has 1 aromatic heterocycles. The van der Waals surface area contributed by atoms with Gasteiger partial charge in [0.15, 0.2) is 0 Å². The number of hydrogen-bond acceptors (Lipinski definition) is 2. The van der Waals surface area contributed by atoms with Crippen molar-refractivity contribution in [3.8, 4) is 0 Å². The first-order valence-electron chi connectivity index (χ1n) is 7.95. The molecule has 0 unspecified atom stereocenters. The smallest absolute Gasteiger partial charge is 0.226 e. The van der Waals surface area contributed by atoms with Gasteiger partial charge in [0, 0.05) is 17.9 Å². The minimum Gasteiger partial charge on any atom is -0.311 e. The fraction of sp³-hybridized carbons (Fsp3) is 0.412. The third-order valence-electron chi connectivity index (χ3n) is 4.86. The molecule has 0 bridgehead atoms. The van der Waals surface area contributed by atoms with Crippen LogP contribution in [0.4, 0.5) is 10.2 Å². The zero-order chi connectivity index (χ0) is 16.0. The minimum atomic E-state index is -0.447. The number of hydrogen-bond donors (Lipinski definition) is 1. The molecule has 1 amide bonds. The Morgan fingerprint density at radius 2 is 2.09 bits per heavy atom. The Kier molecular flexibility index (Phi) is 3.60. The second-order valence-corrected chi connectivity index (χ2v) is 6.72. The SMILES string of the molecule is O=C1C[C@@H](c2ccc(F)c(Cl)c2)c2cnn(C3CCCC3)c2N1. The van der Waals surface area contributed by atoms with Gasteiger partial charge in [-0.3, -0.25) is 4.79 Å². The molecular formula is C17H17ClFN3O. The number of benzene rings is 1. The van der Waals surface area contributed by atoms with E-state index in [4.69, 9.17) is 11.6 Å². The number of nitrogens with zero attached hydrogens (tertiary/aromatic N) is 2. The molecule has 1 aromatic carbocycles. The number of halogens is 2. The number of anilines is 1. The highest BCUT2D eigenvalue weighted by Crippen LogP contribution is 2.41. The zero-order valence-corrected chi connectivity index (χ0v) is 13.3. The largest absolute Gasteiger partial charge is 0.311 e. The lowest BCUT2D eigenvalue weighted by molar-refractivity contribution is -0.116. The number of carbonyl (C=O) groups excluding carboxylic acids is 1. The molecule has 23 heavy (non-hydrogen) atoms. The summed E-state index contributed by atoms with van der Waals surface area (Å²) in [5, 5.41) is 7.57. The molecule has 1 fully saturated rings. The molecule has 0 saturated heterocycles. The van der Waals surface area contributed by atoms with Crippen LogP contribution in [-0.2, 0) is 4.79 Å². The van der Waals surface area contributed by atoms with Crippen molar-refractivity contribution < 1.29 is 9.18 Å². The molecule has 6 heteroatoms. The summed E-state index contributed by atoms with van der Waals surface area (Å²) in [6.07, 6.45) is 6.74.